The van der Waals surface area contributed by atoms with Gasteiger partial charge in [0.1, 0.15) is 11.9 Å². The zero-order chi connectivity index (χ0) is 23.0. The molecule has 0 aromatic heterocycles. The predicted octanol–water partition coefficient (Wildman–Crippen LogP) is 8.47. The first kappa shape index (κ1) is 26.0. The van der Waals surface area contributed by atoms with Crippen molar-refractivity contribution in [3.63, 3.8) is 0 Å². The van der Waals surface area contributed by atoms with Gasteiger partial charge in [0, 0.05) is 0 Å². The Morgan fingerprint density at radius 2 is 1.38 bits per heavy atom. The lowest BCUT2D eigenvalue weighted by Crippen LogP contribution is -2.11. The van der Waals surface area contributed by atoms with Gasteiger partial charge in [-0.15, -0.1) is 0 Å². The van der Waals surface area contributed by atoms with Crippen LogP contribution in [-0.4, -0.2) is 12.6 Å². The molecule has 0 aliphatic rings. The molecule has 0 fully saturated rings. The van der Waals surface area contributed by atoms with Crippen LogP contribution in [0, 0.1) is 0 Å². The van der Waals surface area contributed by atoms with Crippen LogP contribution in [0.4, 0.5) is 0 Å². The van der Waals surface area contributed by atoms with Crippen molar-refractivity contribution in [2.75, 3.05) is 6.61 Å². The average molecular weight is 439 g/mol. The molecule has 1 atom stereocenters. The third-order valence-corrected chi connectivity index (χ3v) is 5.85. The van der Waals surface area contributed by atoms with Crippen LogP contribution in [0.5, 0.6) is 5.75 Å². The molecule has 0 aliphatic heterocycles. The molecule has 2 rings (SSSR count). The first-order chi connectivity index (χ1) is 15.7. The molecule has 176 valence electrons. The number of rotatable bonds is 16. The molecule has 0 heterocycles. The molecular formula is C29H42O3. The van der Waals surface area contributed by atoms with Crippen LogP contribution in [-0.2, 0) is 11.2 Å². The quantitative estimate of drug-likeness (QED) is 0.195. The number of benzene rings is 2. The lowest BCUT2D eigenvalue weighted by atomic mass is 10.0. The summed E-state index contributed by atoms with van der Waals surface area (Å²) in [4.78, 5) is 12.7. The highest BCUT2D eigenvalue weighted by Gasteiger charge is 2.16. The molecule has 0 N–H and O–H groups in total. The summed E-state index contributed by atoms with van der Waals surface area (Å²) >= 11 is 0. The number of unbranched alkanes of at least 4 members (excludes halogenated alkanes) is 7. The molecule has 2 aromatic carbocycles. The van der Waals surface area contributed by atoms with Crippen LogP contribution < -0.4 is 4.74 Å². The van der Waals surface area contributed by atoms with E-state index in [9.17, 15) is 4.79 Å². The SMILES string of the molecule is CCCCCCCCCCc1ccc(C(=O)OC(CC)c2ccc(OCCC)cc2)cc1. The maximum absolute atomic E-state index is 12.7. The maximum atomic E-state index is 12.7. The van der Waals surface area contributed by atoms with E-state index in [1.807, 2.05) is 43.3 Å². The molecule has 0 spiro atoms. The second-order valence-corrected chi connectivity index (χ2v) is 8.64. The summed E-state index contributed by atoms with van der Waals surface area (Å²) in [7, 11) is 0. The van der Waals surface area contributed by atoms with Crippen LogP contribution in [0.25, 0.3) is 0 Å². The molecule has 0 saturated heterocycles. The Bertz CT molecular complexity index is 749. The molecular weight excluding hydrogens is 396 g/mol. The van der Waals surface area contributed by atoms with E-state index in [0.29, 0.717) is 12.2 Å². The van der Waals surface area contributed by atoms with Crippen molar-refractivity contribution in [2.45, 2.75) is 97.5 Å². The highest BCUT2D eigenvalue weighted by Crippen LogP contribution is 2.25. The molecule has 0 aliphatic carbocycles. The minimum absolute atomic E-state index is 0.250. The standard InChI is InChI=1S/C29H42O3/c1-4-7-8-9-10-11-12-13-14-24-15-17-26(18-16-24)29(30)32-28(6-3)25-19-21-27(22-20-25)31-23-5-2/h15-22,28H,4-14,23H2,1-3H3. The third-order valence-electron chi connectivity index (χ3n) is 5.85. The van der Waals surface area contributed by atoms with Crippen molar-refractivity contribution >= 4 is 5.97 Å². The zero-order valence-corrected chi connectivity index (χ0v) is 20.4. The minimum Gasteiger partial charge on any atom is -0.494 e. The smallest absolute Gasteiger partial charge is 0.338 e. The molecule has 2 aromatic rings. The van der Waals surface area contributed by atoms with Gasteiger partial charge in [-0.25, -0.2) is 4.79 Å². The molecule has 32 heavy (non-hydrogen) atoms. The molecule has 0 amide bonds. The van der Waals surface area contributed by atoms with E-state index in [1.54, 1.807) is 0 Å². The molecule has 3 nitrogen and oxygen atoms in total. The summed E-state index contributed by atoms with van der Waals surface area (Å²) in [5.74, 6) is 0.589. The van der Waals surface area contributed by atoms with Crippen molar-refractivity contribution in [3.05, 3.63) is 65.2 Å². The maximum Gasteiger partial charge on any atom is 0.338 e. The number of carbonyl (C=O) groups excluding carboxylic acids is 1. The van der Waals surface area contributed by atoms with Crippen LogP contribution in [0.2, 0.25) is 0 Å². The van der Waals surface area contributed by atoms with Gasteiger partial charge in [-0.2, -0.15) is 0 Å². The topological polar surface area (TPSA) is 35.5 Å². The highest BCUT2D eigenvalue weighted by molar-refractivity contribution is 5.89. The molecule has 0 bridgehead atoms. The van der Waals surface area contributed by atoms with Gasteiger partial charge in [-0.3, -0.25) is 0 Å². The second-order valence-electron chi connectivity index (χ2n) is 8.64. The van der Waals surface area contributed by atoms with Crippen LogP contribution >= 0.6 is 0 Å². The number of hydrogen-bond donors (Lipinski definition) is 0. The largest absolute Gasteiger partial charge is 0.494 e. The van der Waals surface area contributed by atoms with Gasteiger partial charge in [0.15, 0.2) is 0 Å². The number of hydrogen-bond acceptors (Lipinski definition) is 3. The van der Waals surface area contributed by atoms with Gasteiger partial charge in [0.2, 0.25) is 0 Å². The van der Waals surface area contributed by atoms with Crippen molar-refractivity contribution in [1.82, 2.24) is 0 Å². The average Bonchev–Trinajstić information content (AvgIpc) is 2.83. The Labute approximate surface area is 195 Å². The Kier molecular flexibility index (Phi) is 12.6. The van der Waals surface area contributed by atoms with Crippen LogP contribution in [0.3, 0.4) is 0 Å². The van der Waals surface area contributed by atoms with Gasteiger partial charge in [-0.1, -0.05) is 90.0 Å². The van der Waals surface area contributed by atoms with E-state index in [-0.39, 0.29) is 12.1 Å². The van der Waals surface area contributed by atoms with Crippen molar-refractivity contribution in [1.29, 1.82) is 0 Å². The van der Waals surface area contributed by atoms with Gasteiger partial charge >= 0.3 is 5.97 Å². The van der Waals surface area contributed by atoms with Gasteiger partial charge < -0.3 is 9.47 Å². The summed E-state index contributed by atoms with van der Waals surface area (Å²) in [6, 6.07) is 15.8. The molecule has 0 radical (unpaired) electrons. The monoisotopic (exact) mass is 438 g/mol. The summed E-state index contributed by atoms with van der Waals surface area (Å²) in [5, 5.41) is 0. The Balaban J connectivity index is 1.77. The molecule has 3 heteroatoms. The van der Waals surface area contributed by atoms with E-state index >= 15 is 0 Å². The molecule has 0 saturated carbocycles. The fourth-order valence-electron chi connectivity index (χ4n) is 3.85. The van der Waals surface area contributed by atoms with Gasteiger partial charge in [0.05, 0.1) is 12.2 Å². The van der Waals surface area contributed by atoms with E-state index in [1.165, 1.54) is 56.9 Å². The first-order valence-corrected chi connectivity index (χ1v) is 12.7. The van der Waals surface area contributed by atoms with Gasteiger partial charge in [-0.05, 0) is 61.1 Å². The van der Waals surface area contributed by atoms with Gasteiger partial charge in [0.25, 0.3) is 0 Å². The van der Waals surface area contributed by atoms with E-state index in [0.717, 1.165) is 30.6 Å². The molecule has 1 unspecified atom stereocenters. The number of esters is 1. The van der Waals surface area contributed by atoms with E-state index < -0.39 is 0 Å². The van der Waals surface area contributed by atoms with Crippen LogP contribution in [0.1, 0.15) is 113 Å². The van der Waals surface area contributed by atoms with Crippen molar-refractivity contribution in [3.8, 4) is 5.75 Å². The number of ether oxygens (including phenoxy) is 2. The second kappa shape index (κ2) is 15.5. The number of aryl methyl sites for hydroxylation is 1. The number of carbonyl (C=O) groups is 1. The van der Waals surface area contributed by atoms with Crippen LogP contribution in [0.15, 0.2) is 48.5 Å². The third kappa shape index (κ3) is 9.46. The van der Waals surface area contributed by atoms with Crippen molar-refractivity contribution in [2.24, 2.45) is 0 Å². The lowest BCUT2D eigenvalue weighted by Gasteiger charge is -2.17. The first-order valence-electron chi connectivity index (χ1n) is 12.7. The Hall–Kier alpha value is -2.29. The predicted molar refractivity (Wildman–Crippen MR) is 133 cm³/mol. The normalized spacial score (nSPS) is 11.8. The lowest BCUT2D eigenvalue weighted by molar-refractivity contribution is 0.0288. The minimum atomic E-state index is -0.262. The summed E-state index contributed by atoms with van der Waals surface area (Å²) in [6.07, 6.45) is 13.2. The Morgan fingerprint density at radius 1 is 0.750 bits per heavy atom. The van der Waals surface area contributed by atoms with Crippen molar-refractivity contribution < 1.29 is 14.3 Å². The fourth-order valence-corrected chi connectivity index (χ4v) is 3.85. The summed E-state index contributed by atoms with van der Waals surface area (Å²) in [6.45, 7) is 7.09. The zero-order valence-electron chi connectivity index (χ0n) is 20.4. The summed E-state index contributed by atoms with van der Waals surface area (Å²) in [5.41, 5.74) is 2.91. The van der Waals surface area contributed by atoms with E-state index in [4.69, 9.17) is 9.47 Å². The fraction of sp³-hybridized carbons (Fsp3) is 0.552. The Morgan fingerprint density at radius 3 is 1.97 bits per heavy atom. The summed E-state index contributed by atoms with van der Waals surface area (Å²) < 4.78 is 11.4. The highest BCUT2D eigenvalue weighted by atomic mass is 16.5. The van der Waals surface area contributed by atoms with E-state index in [2.05, 4.69) is 26.0 Å².